The number of hydrogen-bond acceptors (Lipinski definition) is 2. The maximum atomic E-state index is 4.28. The third kappa shape index (κ3) is 1.93. The normalized spacial score (nSPS) is 14.3. The maximum absolute atomic E-state index is 4.28. The van der Waals surface area contributed by atoms with Crippen LogP contribution in [0.5, 0.6) is 0 Å². The van der Waals surface area contributed by atoms with Crippen molar-refractivity contribution >= 4 is 5.69 Å². The molecule has 1 aromatic heterocycles. The fourth-order valence-corrected chi connectivity index (χ4v) is 3.09. The van der Waals surface area contributed by atoms with Gasteiger partial charge < -0.3 is 4.90 Å². The number of fused-ring (bicyclic) bond motifs is 1. The van der Waals surface area contributed by atoms with E-state index in [2.05, 4.69) is 49.1 Å². The first-order valence-corrected chi connectivity index (χ1v) is 6.96. The molecule has 19 heavy (non-hydrogen) atoms. The zero-order valence-electron chi connectivity index (χ0n) is 12.1. The highest BCUT2D eigenvalue weighted by atomic mass is 15.2. The molecule has 0 fully saturated rings. The van der Waals surface area contributed by atoms with Crippen LogP contribution in [0.1, 0.15) is 25.0 Å². The van der Waals surface area contributed by atoms with Crippen molar-refractivity contribution in [2.75, 3.05) is 11.4 Å². The number of nitrogens with zero attached hydrogens (tertiary/aromatic N) is 3. The van der Waals surface area contributed by atoms with Gasteiger partial charge in [0.25, 0.3) is 0 Å². The third-order valence-electron chi connectivity index (χ3n) is 4.13. The van der Waals surface area contributed by atoms with E-state index in [9.17, 15) is 0 Å². The molecule has 2 heterocycles. The minimum absolute atomic E-state index is 0.574. The smallest absolute Gasteiger partial charge is 0.0568 e. The van der Waals surface area contributed by atoms with E-state index >= 15 is 0 Å². The van der Waals surface area contributed by atoms with Crippen LogP contribution in [0.15, 0.2) is 24.5 Å². The average molecular weight is 255 g/mol. The van der Waals surface area contributed by atoms with Gasteiger partial charge in [-0.05, 0) is 49.9 Å². The van der Waals surface area contributed by atoms with Gasteiger partial charge in [0.2, 0.25) is 0 Å². The van der Waals surface area contributed by atoms with E-state index < -0.39 is 0 Å². The van der Waals surface area contributed by atoms with Crippen molar-refractivity contribution in [3.05, 3.63) is 35.7 Å². The van der Waals surface area contributed by atoms with E-state index in [4.69, 9.17) is 0 Å². The van der Waals surface area contributed by atoms with Crippen molar-refractivity contribution in [2.24, 2.45) is 7.05 Å². The van der Waals surface area contributed by atoms with Gasteiger partial charge in [0, 0.05) is 37.1 Å². The molecule has 0 N–H and O–H groups in total. The molecule has 1 aliphatic rings. The monoisotopic (exact) mass is 255 g/mol. The summed E-state index contributed by atoms with van der Waals surface area (Å²) < 4.78 is 1.86. The van der Waals surface area contributed by atoms with Gasteiger partial charge in [-0.1, -0.05) is 6.07 Å². The molecule has 0 amide bonds. The van der Waals surface area contributed by atoms with Crippen molar-refractivity contribution in [3.63, 3.8) is 0 Å². The lowest BCUT2D eigenvalue weighted by Gasteiger charge is -2.24. The van der Waals surface area contributed by atoms with Crippen LogP contribution < -0.4 is 4.90 Å². The number of aryl methyl sites for hydroxylation is 1. The maximum Gasteiger partial charge on any atom is 0.0568 e. The highest BCUT2D eigenvalue weighted by Crippen LogP contribution is 2.36. The quantitative estimate of drug-likeness (QED) is 0.822. The first kappa shape index (κ1) is 12.3. The Bertz CT molecular complexity index is 610. The van der Waals surface area contributed by atoms with E-state index in [0.717, 1.165) is 13.0 Å². The van der Waals surface area contributed by atoms with Gasteiger partial charge in [-0.2, -0.15) is 5.10 Å². The minimum Gasteiger partial charge on any atom is -0.369 e. The van der Waals surface area contributed by atoms with Crippen molar-refractivity contribution in [1.29, 1.82) is 0 Å². The minimum atomic E-state index is 0.574. The molecule has 0 saturated heterocycles. The third-order valence-corrected chi connectivity index (χ3v) is 4.13. The van der Waals surface area contributed by atoms with E-state index in [0.29, 0.717) is 6.04 Å². The van der Waals surface area contributed by atoms with Crippen LogP contribution in [0.4, 0.5) is 5.69 Å². The van der Waals surface area contributed by atoms with Crippen LogP contribution in [-0.2, 0) is 13.5 Å². The van der Waals surface area contributed by atoms with Gasteiger partial charge in [0.05, 0.1) is 6.20 Å². The Labute approximate surface area is 114 Å². The molecule has 0 unspecified atom stereocenters. The van der Waals surface area contributed by atoms with Gasteiger partial charge >= 0.3 is 0 Å². The summed E-state index contributed by atoms with van der Waals surface area (Å²) >= 11 is 0. The molecular weight excluding hydrogens is 234 g/mol. The lowest BCUT2D eigenvalue weighted by atomic mass is 9.97. The molecule has 2 aromatic rings. The molecule has 3 heteroatoms. The Balaban J connectivity index is 2.08. The number of rotatable bonds is 2. The number of anilines is 1. The zero-order valence-corrected chi connectivity index (χ0v) is 12.1. The lowest BCUT2D eigenvalue weighted by molar-refractivity contribution is 0.710. The zero-order chi connectivity index (χ0) is 13.6. The molecule has 1 aliphatic heterocycles. The predicted molar refractivity (Wildman–Crippen MR) is 79.6 cm³/mol. The average Bonchev–Trinajstić information content (AvgIpc) is 2.96. The van der Waals surface area contributed by atoms with Crippen molar-refractivity contribution in [2.45, 2.75) is 33.2 Å². The lowest BCUT2D eigenvalue weighted by Crippen LogP contribution is -2.28. The van der Waals surface area contributed by atoms with Gasteiger partial charge in [-0.25, -0.2) is 0 Å². The standard InChI is InChI=1S/C16H21N3/c1-11(2)19-8-7-15-12(3)14(5-6-16(15)19)13-9-17-18(4)10-13/h5-6,9-11H,7-8H2,1-4H3. The Morgan fingerprint density at radius 1 is 1.26 bits per heavy atom. The summed E-state index contributed by atoms with van der Waals surface area (Å²) in [4.78, 5) is 2.50. The molecule has 3 nitrogen and oxygen atoms in total. The van der Waals surface area contributed by atoms with Crippen LogP contribution in [0, 0.1) is 6.92 Å². The van der Waals surface area contributed by atoms with E-state index in [1.807, 2.05) is 17.9 Å². The highest BCUT2D eigenvalue weighted by Gasteiger charge is 2.24. The molecule has 0 bridgehead atoms. The van der Waals surface area contributed by atoms with Crippen LogP contribution >= 0.6 is 0 Å². The first-order chi connectivity index (χ1) is 9.08. The summed E-state index contributed by atoms with van der Waals surface area (Å²) in [6, 6.07) is 5.09. The van der Waals surface area contributed by atoms with Gasteiger partial charge in [0.1, 0.15) is 0 Å². The van der Waals surface area contributed by atoms with Crippen LogP contribution in [0.25, 0.3) is 11.1 Å². The van der Waals surface area contributed by atoms with Crippen molar-refractivity contribution in [1.82, 2.24) is 9.78 Å². The topological polar surface area (TPSA) is 21.1 Å². The fraction of sp³-hybridized carbons (Fsp3) is 0.438. The molecular formula is C16H21N3. The molecule has 0 radical (unpaired) electrons. The van der Waals surface area contributed by atoms with Gasteiger partial charge in [-0.3, -0.25) is 4.68 Å². The largest absolute Gasteiger partial charge is 0.369 e. The number of aromatic nitrogens is 2. The molecule has 0 aliphatic carbocycles. The Hall–Kier alpha value is -1.77. The summed E-state index contributed by atoms with van der Waals surface area (Å²) in [5, 5.41) is 4.28. The second kappa shape index (κ2) is 4.41. The predicted octanol–water partition coefficient (Wildman–Crippen LogP) is 3.17. The summed E-state index contributed by atoms with van der Waals surface area (Å²) in [5.74, 6) is 0. The van der Waals surface area contributed by atoms with Gasteiger partial charge in [0.15, 0.2) is 0 Å². The molecule has 0 saturated carbocycles. The van der Waals surface area contributed by atoms with Crippen LogP contribution in [-0.4, -0.2) is 22.4 Å². The SMILES string of the molecule is Cc1c(-c2cnn(C)c2)ccc2c1CCN2C(C)C. The Kier molecular flexibility index (Phi) is 2.85. The summed E-state index contributed by atoms with van der Waals surface area (Å²) in [5.41, 5.74) is 6.87. The summed E-state index contributed by atoms with van der Waals surface area (Å²) in [6.45, 7) is 7.91. The number of hydrogen-bond donors (Lipinski definition) is 0. The van der Waals surface area contributed by atoms with Gasteiger partial charge in [-0.15, -0.1) is 0 Å². The molecule has 100 valence electrons. The summed E-state index contributed by atoms with van der Waals surface area (Å²) in [7, 11) is 1.96. The number of benzene rings is 1. The molecule has 1 aromatic carbocycles. The van der Waals surface area contributed by atoms with Crippen molar-refractivity contribution < 1.29 is 0 Å². The van der Waals surface area contributed by atoms with E-state index in [-0.39, 0.29) is 0 Å². The second-order valence-electron chi connectivity index (χ2n) is 5.68. The molecule has 0 atom stereocenters. The first-order valence-electron chi connectivity index (χ1n) is 6.96. The van der Waals surface area contributed by atoms with E-state index in [1.54, 1.807) is 0 Å². The second-order valence-corrected chi connectivity index (χ2v) is 5.68. The van der Waals surface area contributed by atoms with E-state index in [1.165, 1.54) is 27.9 Å². The highest BCUT2D eigenvalue weighted by molar-refractivity contribution is 5.74. The molecule has 0 spiro atoms. The Morgan fingerprint density at radius 2 is 2.05 bits per heavy atom. The Morgan fingerprint density at radius 3 is 2.68 bits per heavy atom. The summed E-state index contributed by atoms with van der Waals surface area (Å²) in [6.07, 6.45) is 5.20. The fourth-order valence-electron chi connectivity index (χ4n) is 3.09. The van der Waals surface area contributed by atoms with Crippen molar-refractivity contribution in [3.8, 4) is 11.1 Å². The molecule has 3 rings (SSSR count). The van der Waals surface area contributed by atoms with Crippen LogP contribution in [0.3, 0.4) is 0 Å². The van der Waals surface area contributed by atoms with Crippen LogP contribution in [0.2, 0.25) is 0 Å².